The first-order valence-corrected chi connectivity index (χ1v) is 12.1. The molecule has 2 amide bonds. The minimum Gasteiger partial charge on any atom is -0.497 e. The molecule has 0 aliphatic carbocycles. The Morgan fingerprint density at radius 1 is 1.11 bits per heavy atom. The van der Waals surface area contributed by atoms with Crippen LogP contribution in [-0.4, -0.2) is 29.2 Å². The fraction of sp³-hybridized carbons (Fsp3) is 0.185. The Morgan fingerprint density at radius 3 is 2.66 bits per heavy atom. The van der Waals surface area contributed by atoms with Gasteiger partial charge in [0, 0.05) is 41.8 Å². The minimum absolute atomic E-state index is 0.175. The molecule has 1 aliphatic heterocycles. The Kier molecular flexibility index (Phi) is 6.21. The van der Waals surface area contributed by atoms with Crippen molar-refractivity contribution in [3.63, 3.8) is 0 Å². The molecule has 6 nitrogen and oxygen atoms in total. The Balaban J connectivity index is 1.64. The van der Waals surface area contributed by atoms with Crippen LogP contribution in [0.4, 0.5) is 10.1 Å². The lowest BCUT2D eigenvalue weighted by Gasteiger charge is -2.30. The zero-order chi connectivity index (χ0) is 24.5. The predicted octanol–water partition coefficient (Wildman–Crippen LogP) is 4.82. The number of nitrogens with zero attached hydrogens (tertiary/aromatic N) is 2. The number of methoxy groups -OCH3 is 1. The van der Waals surface area contributed by atoms with Gasteiger partial charge in [0.1, 0.15) is 17.6 Å². The Labute approximate surface area is 206 Å². The van der Waals surface area contributed by atoms with Gasteiger partial charge in [-0.3, -0.25) is 14.5 Å². The number of aryl methyl sites for hydroxylation is 1. The molecule has 8 heteroatoms. The van der Waals surface area contributed by atoms with Crippen LogP contribution in [0.2, 0.25) is 0 Å². The van der Waals surface area contributed by atoms with Crippen LogP contribution in [0.5, 0.6) is 5.75 Å². The highest BCUT2D eigenvalue weighted by Crippen LogP contribution is 2.43. The highest BCUT2D eigenvalue weighted by Gasteiger charge is 2.39. The molecule has 178 valence electrons. The number of aromatic nitrogens is 1. The van der Waals surface area contributed by atoms with E-state index in [1.807, 2.05) is 41.9 Å². The van der Waals surface area contributed by atoms with Crippen LogP contribution < -0.4 is 15.0 Å². The van der Waals surface area contributed by atoms with Gasteiger partial charge in [0.2, 0.25) is 11.8 Å². The summed E-state index contributed by atoms with van der Waals surface area (Å²) in [5.74, 6) is -0.0428. The summed E-state index contributed by atoms with van der Waals surface area (Å²) < 4.78 is 20.8. The van der Waals surface area contributed by atoms with Gasteiger partial charge in [0.05, 0.1) is 17.9 Å². The molecule has 3 aromatic carbocycles. The van der Waals surface area contributed by atoms with E-state index in [4.69, 9.17) is 4.74 Å². The average Bonchev–Trinajstić information content (AvgIpc) is 3.05. The number of carbonyl (C=O) groups excluding carboxylic acids is 2. The SMILES string of the molecule is COc1cccc(N2C(=O)CSc3c(c4ccccc4n3C)[C@H]2C(=O)NCc2ccc(F)cc2)c1. The molecule has 0 radical (unpaired) electrons. The number of anilines is 1. The van der Waals surface area contributed by atoms with E-state index in [1.165, 1.54) is 23.9 Å². The van der Waals surface area contributed by atoms with Crippen molar-refractivity contribution in [2.45, 2.75) is 17.6 Å². The maximum Gasteiger partial charge on any atom is 0.248 e. The van der Waals surface area contributed by atoms with Crippen LogP contribution in [0.25, 0.3) is 10.9 Å². The van der Waals surface area contributed by atoms with Crippen LogP contribution in [0, 0.1) is 5.82 Å². The molecular weight excluding hydrogens is 465 g/mol. The Hall–Kier alpha value is -3.78. The highest BCUT2D eigenvalue weighted by atomic mass is 32.2. The van der Waals surface area contributed by atoms with Crippen LogP contribution in [0.15, 0.2) is 77.8 Å². The molecule has 5 rings (SSSR count). The first kappa shape index (κ1) is 23.0. The van der Waals surface area contributed by atoms with Gasteiger partial charge in [-0.15, -0.1) is 0 Å². The minimum atomic E-state index is -0.897. The van der Waals surface area contributed by atoms with Crippen molar-refractivity contribution in [1.29, 1.82) is 0 Å². The number of hydrogen-bond acceptors (Lipinski definition) is 4. The van der Waals surface area contributed by atoms with E-state index in [2.05, 4.69) is 5.32 Å². The maximum atomic E-state index is 13.9. The van der Waals surface area contributed by atoms with E-state index in [1.54, 1.807) is 42.3 Å². The summed E-state index contributed by atoms with van der Waals surface area (Å²) in [7, 11) is 3.52. The quantitative estimate of drug-likeness (QED) is 0.437. The number of hydrogen-bond donors (Lipinski definition) is 1. The molecule has 0 fully saturated rings. The van der Waals surface area contributed by atoms with Gasteiger partial charge >= 0.3 is 0 Å². The predicted molar refractivity (Wildman–Crippen MR) is 135 cm³/mol. The fourth-order valence-corrected chi connectivity index (χ4v) is 5.57. The zero-order valence-electron chi connectivity index (χ0n) is 19.3. The van der Waals surface area contributed by atoms with Crippen molar-refractivity contribution in [2.75, 3.05) is 17.8 Å². The number of para-hydroxylation sites is 1. The zero-order valence-corrected chi connectivity index (χ0v) is 20.1. The summed E-state index contributed by atoms with van der Waals surface area (Å²) in [6, 6.07) is 20.1. The average molecular weight is 490 g/mol. The number of halogens is 1. The third-order valence-corrected chi connectivity index (χ3v) is 7.34. The van der Waals surface area contributed by atoms with Crippen molar-refractivity contribution >= 4 is 40.2 Å². The van der Waals surface area contributed by atoms with E-state index in [9.17, 15) is 14.0 Å². The molecule has 0 bridgehead atoms. The topological polar surface area (TPSA) is 63.6 Å². The number of rotatable bonds is 5. The number of thioether (sulfide) groups is 1. The Bertz CT molecular complexity index is 1420. The lowest BCUT2D eigenvalue weighted by atomic mass is 10.0. The maximum absolute atomic E-state index is 13.9. The summed E-state index contributed by atoms with van der Waals surface area (Å²) in [5, 5.41) is 4.77. The lowest BCUT2D eigenvalue weighted by molar-refractivity contribution is -0.125. The second-order valence-corrected chi connectivity index (χ2v) is 9.26. The smallest absolute Gasteiger partial charge is 0.248 e. The molecule has 0 unspecified atom stereocenters. The van der Waals surface area contributed by atoms with Gasteiger partial charge in [-0.25, -0.2) is 4.39 Å². The third kappa shape index (κ3) is 4.25. The molecule has 1 N–H and O–H groups in total. The number of amides is 2. The van der Waals surface area contributed by atoms with Crippen LogP contribution >= 0.6 is 11.8 Å². The van der Waals surface area contributed by atoms with Crippen molar-refractivity contribution < 1.29 is 18.7 Å². The van der Waals surface area contributed by atoms with E-state index < -0.39 is 6.04 Å². The van der Waals surface area contributed by atoms with Crippen molar-refractivity contribution in [3.8, 4) is 5.75 Å². The fourth-order valence-electron chi connectivity index (χ4n) is 4.50. The van der Waals surface area contributed by atoms with Gasteiger partial charge in [0.25, 0.3) is 0 Å². The van der Waals surface area contributed by atoms with Gasteiger partial charge in [-0.1, -0.05) is 48.2 Å². The molecular formula is C27H24FN3O3S. The molecule has 35 heavy (non-hydrogen) atoms. The number of nitrogens with one attached hydrogen (secondary N) is 1. The van der Waals surface area contributed by atoms with Crippen molar-refractivity contribution in [2.24, 2.45) is 7.05 Å². The lowest BCUT2D eigenvalue weighted by Crippen LogP contribution is -2.43. The second-order valence-electron chi connectivity index (χ2n) is 8.30. The third-order valence-electron chi connectivity index (χ3n) is 6.18. The van der Waals surface area contributed by atoms with E-state index in [-0.39, 0.29) is 29.9 Å². The van der Waals surface area contributed by atoms with Crippen LogP contribution in [-0.2, 0) is 23.2 Å². The molecule has 0 saturated carbocycles. The molecule has 2 heterocycles. The first-order chi connectivity index (χ1) is 17.0. The molecule has 4 aromatic rings. The molecule has 1 aromatic heterocycles. The summed E-state index contributed by atoms with van der Waals surface area (Å²) in [4.78, 5) is 28.9. The normalized spacial score (nSPS) is 15.6. The molecule has 0 spiro atoms. The molecule has 1 aliphatic rings. The van der Waals surface area contributed by atoms with Gasteiger partial charge < -0.3 is 14.6 Å². The van der Waals surface area contributed by atoms with Gasteiger partial charge in [0.15, 0.2) is 0 Å². The van der Waals surface area contributed by atoms with Crippen molar-refractivity contribution in [3.05, 3.63) is 89.7 Å². The first-order valence-electron chi connectivity index (χ1n) is 11.2. The van der Waals surface area contributed by atoms with Crippen LogP contribution in [0.1, 0.15) is 17.2 Å². The van der Waals surface area contributed by atoms with Crippen molar-refractivity contribution in [1.82, 2.24) is 9.88 Å². The second kappa shape index (κ2) is 9.46. The van der Waals surface area contributed by atoms with E-state index in [0.29, 0.717) is 11.4 Å². The molecule has 0 saturated heterocycles. The number of fused-ring (bicyclic) bond motifs is 3. The molecule has 1 atom stereocenters. The van der Waals surface area contributed by atoms with Gasteiger partial charge in [-0.2, -0.15) is 0 Å². The highest BCUT2D eigenvalue weighted by molar-refractivity contribution is 8.00. The van der Waals surface area contributed by atoms with E-state index in [0.717, 1.165) is 27.1 Å². The summed E-state index contributed by atoms with van der Waals surface area (Å²) in [6.45, 7) is 0.211. The summed E-state index contributed by atoms with van der Waals surface area (Å²) >= 11 is 1.43. The van der Waals surface area contributed by atoms with Crippen LogP contribution in [0.3, 0.4) is 0 Å². The standard InChI is InChI=1S/C27H24FN3O3S/c1-30-22-9-4-3-8-21(22)24-25(26(33)29-15-17-10-12-18(28)13-11-17)31(23(32)16-35-27(24)30)19-6-5-7-20(14-19)34-2/h3-14,25H,15-16H2,1-2H3,(H,29,33)/t25-/m0/s1. The Morgan fingerprint density at radius 2 is 1.89 bits per heavy atom. The van der Waals surface area contributed by atoms with E-state index >= 15 is 0 Å². The monoisotopic (exact) mass is 489 g/mol. The number of ether oxygens (including phenoxy) is 1. The number of carbonyl (C=O) groups is 2. The largest absolute Gasteiger partial charge is 0.497 e. The summed E-state index contributed by atoms with van der Waals surface area (Å²) in [5.41, 5.74) is 3.12. The van der Waals surface area contributed by atoms with Gasteiger partial charge in [-0.05, 0) is 35.9 Å². The number of benzene rings is 3. The summed E-state index contributed by atoms with van der Waals surface area (Å²) in [6.07, 6.45) is 0.